The zero-order chi connectivity index (χ0) is 11.5. The van der Waals surface area contributed by atoms with E-state index >= 15 is 0 Å². The number of aryl methyl sites for hydroxylation is 1. The maximum absolute atomic E-state index is 11.5. The lowest BCUT2D eigenvalue weighted by Gasteiger charge is -2.05. The molecule has 2 aromatic heterocycles. The molecule has 2 heterocycles. The van der Waals surface area contributed by atoms with Gasteiger partial charge in [-0.25, -0.2) is 4.98 Å². The van der Waals surface area contributed by atoms with Crippen molar-refractivity contribution in [1.29, 1.82) is 0 Å². The predicted molar refractivity (Wildman–Crippen MR) is 70.2 cm³/mol. The van der Waals surface area contributed by atoms with E-state index in [0.717, 1.165) is 17.5 Å². The van der Waals surface area contributed by atoms with Gasteiger partial charge in [0.15, 0.2) is 0 Å². The number of nitrogens with one attached hydrogen (secondary N) is 1. The highest BCUT2D eigenvalue weighted by Gasteiger charge is 2.06. The maximum Gasteiger partial charge on any atom is 0.264 e. The molecule has 0 aliphatic carbocycles. The van der Waals surface area contributed by atoms with Crippen LogP contribution in [0.5, 0.6) is 0 Å². The van der Waals surface area contributed by atoms with E-state index in [9.17, 15) is 4.79 Å². The number of aromatic amines is 1. The summed E-state index contributed by atoms with van der Waals surface area (Å²) < 4.78 is 0.591. The van der Waals surface area contributed by atoms with Crippen LogP contribution in [0.4, 0.5) is 0 Å². The Hall–Kier alpha value is -1.24. The summed E-state index contributed by atoms with van der Waals surface area (Å²) >= 11 is 1.96. The first kappa shape index (κ1) is 11.3. The zero-order valence-electron chi connectivity index (χ0n) is 8.70. The molecule has 0 aromatic carbocycles. The summed E-state index contributed by atoms with van der Waals surface area (Å²) in [6, 6.07) is 1.87. The Kier molecular flexibility index (Phi) is 3.33. The lowest BCUT2D eigenvalue weighted by atomic mass is 10.1. The second kappa shape index (κ2) is 4.73. The minimum atomic E-state index is -0.107. The molecule has 0 fully saturated rings. The number of H-pyrrole nitrogens is 1. The van der Waals surface area contributed by atoms with Crippen LogP contribution >= 0.6 is 22.6 Å². The summed E-state index contributed by atoms with van der Waals surface area (Å²) in [7, 11) is 0. The standard InChI is InChI=1S/C11H10IN3O/c1-2-7-5-13-4-3-8(7)10-14-6-9(12)11(16)15-10/h3-6H,2H2,1H3,(H,14,15,16). The minimum Gasteiger partial charge on any atom is -0.306 e. The van der Waals surface area contributed by atoms with Crippen LogP contribution in [0.2, 0.25) is 0 Å². The molecule has 0 aliphatic heterocycles. The van der Waals surface area contributed by atoms with Crippen LogP contribution in [0.15, 0.2) is 29.5 Å². The minimum absolute atomic E-state index is 0.107. The number of rotatable bonds is 2. The number of pyridine rings is 1. The molecule has 0 radical (unpaired) electrons. The largest absolute Gasteiger partial charge is 0.306 e. The fourth-order valence-corrected chi connectivity index (χ4v) is 1.73. The molecule has 0 saturated heterocycles. The highest BCUT2D eigenvalue weighted by Crippen LogP contribution is 2.18. The number of nitrogens with zero attached hydrogens (tertiary/aromatic N) is 2. The van der Waals surface area contributed by atoms with Crippen molar-refractivity contribution in [3.05, 3.63) is 44.1 Å². The second-order valence-electron chi connectivity index (χ2n) is 3.30. The predicted octanol–water partition coefficient (Wildman–Crippen LogP) is 2.00. The Morgan fingerprint density at radius 1 is 1.44 bits per heavy atom. The normalized spacial score (nSPS) is 10.4. The van der Waals surface area contributed by atoms with Crippen LogP contribution < -0.4 is 5.56 Å². The van der Waals surface area contributed by atoms with E-state index in [1.165, 1.54) is 0 Å². The van der Waals surface area contributed by atoms with Gasteiger partial charge >= 0.3 is 0 Å². The van der Waals surface area contributed by atoms with Gasteiger partial charge in [-0.2, -0.15) is 0 Å². The molecule has 0 amide bonds. The van der Waals surface area contributed by atoms with Gasteiger partial charge in [0.1, 0.15) is 5.82 Å². The Balaban J connectivity index is 2.58. The summed E-state index contributed by atoms with van der Waals surface area (Å²) in [4.78, 5) is 22.5. The monoisotopic (exact) mass is 327 g/mol. The molecule has 2 aromatic rings. The number of hydrogen-bond donors (Lipinski definition) is 1. The van der Waals surface area contributed by atoms with E-state index in [-0.39, 0.29) is 5.56 Å². The van der Waals surface area contributed by atoms with Gasteiger partial charge in [-0.05, 0) is 40.6 Å². The first-order chi connectivity index (χ1) is 7.72. The highest BCUT2D eigenvalue weighted by atomic mass is 127. The Morgan fingerprint density at radius 3 is 2.94 bits per heavy atom. The molecule has 5 heteroatoms. The van der Waals surface area contributed by atoms with Crippen LogP contribution in [0.3, 0.4) is 0 Å². The van der Waals surface area contributed by atoms with Gasteiger partial charge in [-0.1, -0.05) is 6.92 Å². The lowest BCUT2D eigenvalue weighted by molar-refractivity contribution is 1.06. The third-order valence-electron chi connectivity index (χ3n) is 2.30. The van der Waals surface area contributed by atoms with E-state index < -0.39 is 0 Å². The molecule has 0 bridgehead atoms. The van der Waals surface area contributed by atoms with Crippen LogP contribution in [0, 0.1) is 3.57 Å². The van der Waals surface area contributed by atoms with Crippen molar-refractivity contribution >= 4 is 22.6 Å². The summed E-state index contributed by atoms with van der Waals surface area (Å²) in [6.07, 6.45) is 5.94. The molecule has 0 saturated carbocycles. The fraction of sp³-hybridized carbons (Fsp3) is 0.182. The molecule has 82 valence electrons. The van der Waals surface area contributed by atoms with Crippen molar-refractivity contribution in [2.75, 3.05) is 0 Å². The molecular formula is C11H10IN3O. The third kappa shape index (κ3) is 2.13. The maximum atomic E-state index is 11.5. The van der Waals surface area contributed by atoms with Gasteiger partial charge < -0.3 is 4.98 Å². The van der Waals surface area contributed by atoms with Crippen molar-refractivity contribution in [1.82, 2.24) is 15.0 Å². The fourth-order valence-electron chi connectivity index (χ4n) is 1.46. The summed E-state index contributed by atoms with van der Waals surface area (Å²) in [5, 5.41) is 0. The first-order valence-electron chi connectivity index (χ1n) is 4.90. The zero-order valence-corrected chi connectivity index (χ0v) is 10.9. The first-order valence-corrected chi connectivity index (χ1v) is 5.98. The van der Waals surface area contributed by atoms with Gasteiger partial charge in [0.25, 0.3) is 5.56 Å². The molecule has 0 unspecified atom stereocenters. The summed E-state index contributed by atoms with van der Waals surface area (Å²) in [6.45, 7) is 2.05. The molecule has 2 rings (SSSR count). The molecule has 0 spiro atoms. The van der Waals surface area contributed by atoms with E-state index in [1.807, 2.05) is 35.6 Å². The molecular weight excluding hydrogens is 317 g/mol. The van der Waals surface area contributed by atoms with E-state index in [0.29, 0.717) is 9.39 Å². The van der Waals surface area contributed by atoms with Crippen molar-refractivity contribution in [2.45, 2.75) is 13.3 Å². The van der Waals surface area contributed by atoms with Gasteiger partial charge in [-0.15, -0.1) is 0 Å². The SMILES string of the molecule is CCc1cnccc1-c1ncc(I)c(=O)[nH]1. The van der Waals surface area contributed by atoms with Crippen LogP contribution in [0.25, 0.3) is 11.4 Å². The molecule has 0 aliphatic rings. The number of aromatic nitrogens is 3. The van der Waals surface area contributed by atoms with Gasteiger partial charge in [-0.3, -0.25) is 9.78 Å². The van der Waals surface area contributed by atoms with E-state index in [2.05, 4.69) is 15.0 Å². The summed E-state index contributed by atoms with van der Waals surface area (Å²) in [5.74, 6) is 0.602. The Bertz CT molecular complexity index is 565. The van der Waals surface area contributed by atoms with Gasteiger partial charge in [0.05, 0.1) is 3.57 Å². The average molecular weight is 327 g/mol. The van der Waals surface area contributed by atoms with Gasteiger partial charge in [0, 0.05) is 24.2 Å². The highest BCUT2D eigenvalue weighted by molar-refractivity contribution is 14.1. The second-order valence-corrected chi connectivity index (χ2v) is 4.46. The third-order valence-corrected chi connectivity index (χ3v) is 3.06. The smallest absolute Gasteiger partial charge is 0.264 e. The van der Waals surface area contributed by atoms with Crippen molar-refractivity contribution in [2.24, 2.45) is 0 Å². The average Bonchev–Trinajstić information content (AvgIpc) is 2.32. The lowest BCUT2D eigenvalue weighted by Crippen LogP contribution is -2.12. The Morgan fingerprint density at radius 2 is 2.25 bits per heavy atom. The molecule has 16 heavy (non-hydrogen) atoms. The van der Waals surface area contributed by atoms with Crippen molar-refractivity contribution < 1.29 is 0 Å². The number of halogens is 1. The molecule has 4 nitrogen and oxygen atoms in total. The molecule has 0 atom stereocenters. The van der Waals surface area contributed by atoms with Crippen molar-refractivity contribution in [3.63, 3.8) is 0 Å². The summed E-state index contributed by atoms with van der Waals surface area (Å²) in [5.41, 5.74) is 1.90. The van der Waals surface area contributed by atoms with Crippen LogP contribution in [-0.2, 0) is 6.42 Å². The topological polar surface area (TPSA) is 58.6 Å². The van der Waals surface area contributed by atoms with Crippen LogP contribution in [-0.4, -0.2) is 15.0 Å². The van der Waals surface area contributed by atoms with Crippen LogP contribution in [0.1, 0.15) is 12.5 Å². The van der Waals surface area contributed by atoms with E-state index in [1.54, 1.807) is 18.6 Å². The van der Waals surface area contributed by atoms with Crippen molar-refractivity contribution in [3.8, 4) is 11.4 Å². The number of hydrogen-bond acceptors (Lipinski definition) is 3. The quantitative estimate of drug-likeness (QED) is 0.859. The Labute approximate surface area is 106 Å². The van der Waals surface area contributed by atoms with Gasteiger partial charge in [0.2, 0.25) is 0 Å². The molecule has 1 N–H and O–H groups in total. The van der Waals surface area contributed by atoms with E-state index in [4.69, 9.17) is 0 Å².